The van der Waals surface area contributed by atoms with Crippen molar-refractivity contribution in [1.82, 2.24) is 0 Å². The van der Waals surface area contributed by atoms with Crippen molar-refractivity contribution in [3.63, 3.8) is 0 Å². The Morgan fingerprint density at radius 3 is 1.19 bits per heavy atom. The van der Waals surface area contributed by atoms with E-state index in [0.717, 1.165) is 6.07 Å². The summed E-state index contributed by atoms with van der Waals surface area (Å²) in [6, 6.07) is 24.6. The molecular formula is C54H52O19. The van der Waals surface area contributed by atoms with Gasteiger partial charge in [-0.15, -0.1) is 0 Å². The van der Waals surface area contributed by atoms with Crippen molar-refractivity contribution in [3.05, 3.63) is 159 Å². The van der Waals surface area contributed by atoms with Crippen LogP contribution in [0.4, 0.5) is 0 Å². The summed E-state index contributed by atoms with van der Waals surface area (Å²) in [7, 11) is 0. The number of benzene rings is 6. The Morgan fingerprint density at radius 1 is 0.370 bits per heavy atom. The maximum atomic E-state index is 12.0. The van der Waals surface area contributed by atoms with Crippen molar-refractivity contribution in [2.75, 3.05) is 13.2 Å². The first-order valence-corrected chi connectivity index (χ1v) is 23.3. The molecule has 14 atom stereocenters. The van der Waals surface area contributed by atoms with E-state index in [9.17, 15) is 76.6 Å². The van der Waals surface area contributed by atoms with E-state index >= 15 is 0 Å². The summed E-state index contributed by atoms with van der Waals surface area (Å²) in [5, 5.41) is 165. The molecule has 15 N–H and O–H groups in total. The highest BCUT2D eigenvalue weighted by molar-refractivity contribution is 5.82. The van der Waals surface area contributed by atoms with Crippen LogP contribution >= 0.6 is 0 Å². The van der Waals surface area contributed by atoms with Crippen molar-refractivity contribution in [2.45, 2.75) is 85.1 Å². The molecule has 4 heterocycles. The lowest BCUT2D eigenvalue weighted by atomic mass is 9.75. The summed E-state index contributed by atoms with van der Waals surface area (Å²) in [6.07, 6.45) is -16.3. The van der Waals surface area contributed by atoms with E-state index in [1.807, 2.05) is 0 Å². The van der Waals surface area contributed by atoms with Crippen LogP contribution < -0.4 is 9.47 Å². The monoisotopic (exact) mass is 1000 g/mol. The lowest BCUT2D eigenvalue weighted by molar-refractivity contribution is -0.232. The smallest absolute Gasteiger partial charge is 0.135 e. The Bertz CT molecular complexity index is 2990. The maximum Gasteiger partial charge on any atom is 0.135 e. The summed E-state index contributed by atoms with van der Waals surface area (Å²) in [5.41, 5.74) is 2.29. The SMILES string of the molecule is OC[C@H]1O[C@@H](c2c(O)cc([C@@H]3c4c(/C=C/c5ccc(O)cc5)c5c(c([C@@H]6O[C@H](CO)[C@@H](O)[C@H](O)[C@H]6O)c4O[C@H]3c3ccc(O)cc3)OC(c3ccc(O)cc3)C5c3cc(O)cc(O)c3)cc2O)[C@H](O)[C@@H](O)[C@@H]1O. The molecule has 2 unspecified atom stereocenters. The van der Waals surface area contributed by atoms with Crippen LogP contribution in [0.3, 0.4) is 0 Å². The van der Waals surface area contributed by atoms with Gasteiger partial charge in [0.1, 0.15) is 125 Å². The van der Waals surface area contributed by atoms with Crippen molar-refractivity contribution < 1.29 is 95.5 Å². The van der Waals surface area contributed by atoms with Crippen LogP contribution in [0.5, 0.6) is 51.7 Å². The number of hydrogen-bond acceptors (Lipinski definition) is 19. The van der Waals surface area contributed by atoms with Gasteiger partial charge < -0.3 is 95.5 Å². The lowest BCUT2D eigenvalue weighted by Crippen LogP contribution is -2.55. The summed E-state index contributed by atoms with van der Waals surface area (Å²) < 4.78 is 26.2. The van der Waals surface area contributed by atoms with Gasteiger partial charge in [0.15, 0.2) is 0 Å². The molecule has 0 saturated carbocycles. The molecule has 19 heteroatoms. The minimum absolute atomic E-state index is 0.00638. The number of hydrogen-bond donors (Lipinski definition) is 15. The van der Waals surface area contributed by atoms with Crippen LogP contribution in [-0.2, 0) is 9.47 Å². The average Bonchev–Trinajstić information content (AvgIpc) is 3.96. The fourth-order valence-corrected chi connectivity index (χ4v) is 10.7. The first-order valence-electron chi connectivity index (χ1n) is 23.3. The first-order chi connectivity index (χ1) is 35.0. The molecule has 0 aliphatic carbocycles. The van der Waals surface area contributed by atoms with Crippen LogP contribution in [0, 0.1) is 0 Å². The number of ether oxygens (including phenoxy) is 4. The quantitative estimate of drug-likeness (QED) is 0.0875. The lowest BCUT2D eigenvalue weighted by Gasteiger charge is -2.41. The van der Waals surface area contributed by atoms with Crippen LogP contribution in [0.2, 0.25) is 0 Å². The first kappa shape index (κ1) is 49.4. The van der Waals surface area contributed by atoms with Crippen LogP contribution in [-0.4, -0.2) is 139 Å². The Morgan fingerprint density at radius 2 is 0.767 bits per heavy atom. The van der Waals surface area contributed by atoms with E-state index in [2.05, 4.69) is 0 Å². The third kappa shape index (κ3) is 8.68. The van der Waals surface area contributed by atoms with Gasteiger partial charge in [0.2, 0.25) is 0 Å². The summed E-state index contributed by atoms with van der Waals surface area (Å²) in [5.74, 6) is -4.46. The minimum atomic E-state index is -1.94. The fourth-order valence-electron chi connectivity index (χ4n) is 10.7. The molecule has 382 valence electrons. The van der Waals surface area contributed by atoms with Gasteiger partial charge in [-0.1, -0.05) is 48.6 Å². The minimum Gasteiger partial charge on any atom is -0.508 e. The second kappa shape index (κ2) is 19.4. The molecule has 0 aromatic heterocycles. The van der Waals surface area contributed by atoms with Gasteiger partial charge in [0.05, 0.1) is 36.2 Å². The predicted octanol–water partition coefficient (Wildman–Crippen LogP) is 3.36. The second-order valence-electron chi connectivity index (χ2n) is 18.7. The van der Waals surface area contributed by atoms with Crippen LogP contribution in [0.25, 0.3) is 12.2 Å². The number of aliphatic hydroxyl groups is 8. The van der Waals surface area contributed by atoms with Crippen LogP contribution in [0.15, 0.2) is 103 Å². The van der Waals surface area contributed by atoms with Crippen LogP contribution in [0.1, 0.15) is 91.9 Å². The summed E-state index contributed by atoms with van der Waals surface area (Å²) in [4.78, 5) is 0. The zero-order valence-electron chi connectivity index (χ0n) is 38.3. The molecule has 2 fully saturated rings. The molecule has 4 aliphatic heterocycles. The number of phenolic OH excluding ortho intramolecular Hbond substituents is 7. The van der Waals surface area contributed by atoms with Gasteiger partial charge in [-0.25, -0.2) is 0 Å². The standard InChI is InChI=1S/C54H52O19/c55-20-35-43(64)45(66)47(68)53(70-35)41-33(62)17-26(18-34(41)63)38-40-32(14-3-22-1-8-27(57)9-2-22)39-37(25-15-30(60)19-31(61)16-25)49(23-4-10-28(58)11-5-23)72-51(39)42(54-48(69)46(67)44(65)36(21-56)71-54)52(40)73-50(38)24-6-12-29(59)13-7-24/h1-19,35-38,43-50,53-69H,20-21H2/b14-3+/t35-,36-,37?,38-,43-,44-,45+,46+,47-,48-,49?,50+,53+,54+/m1/s1. The highest BCUT2D eigenvalue weighted by Gasteiger charge is 2.54. The summed E-state index contributed by atoms with van der Waals surface area (Å²) >= 11 is 0. The zero-order chi connectivity index (χ0) is 51.7. The number of aliphatic hydroxyl groups excluding tert-OH is 8. The van der Waals surface area contributed by atoms with Gasteiger partial charge in [-0.3, -0.25) is 0 Å². The van der Waals surface area contributed by atoms with E-state index in [1.165, 1.54) is 60.7 Å². The molecule has 0 amide bonds. The molecule has 19 nitrogen and oxygen atoms in total. The number of rotatable bonds is 10. The van der Waals surface area contributed by atoms with Gasteiger partial charge in [0.25, 0.3) is 0 Å². The van der Waals surface area contributed by atoms with Crippen molar-refractivity contribution in [1.29, 1.82) is 0 Å². The number of phenols is 7. The normalized spacial score (nSPS) is 29.6. The van der Waals surface area contributed by atoms with Crippen molar-refractivity contribution >= 4 is 12.2 Å². The van der Waals surface area contributed by atoms with E-state index in [4.69, 9.17) is 18.9 Å². The Kier molecular flexibility index (Phi) is 13.1. The molecule has 10 rings (SSSR count). The van der Waals surface area contributed by atoms with E-state index in [1.54, 1.807) is 48.6 Å². The van der Waals surface area contributed by atoms with E-state index < -0.39 is 115 Å². The third-order valence-corrected chi connectivity index (χ3v) is 14.2. The number of fused-ring (bicyclic) bond motifs is 2. The van der Waals surface area contributed by atoms with E-state index in [0.29, 0.717) is 27.8 Å². The fraction of sp³-hybridized carbons (Fsp3) is 0.296. The van der Waals surface area contributed by atoms with Crippen molar-refractivity contribution in [3.8, 4) is 51.7 Å². The Hall–Kier alpha value is -7.14. The second-order valence-corrected chi connectivity index (χ2v) is 18.7. The maximum absolute atomic E-state index is 12.0. The molecule has 0 spiro atoms. The predicted molar refractivity (Wildman–Crippen MR) is 255 cm³/mol. The molecule has 6 aromatic carbocycles. The molecule has 73 heavy (non-hydrogen) atoms. The van der Waals surface area contributed by atoms with Gasteiger partial charge in [-0.05, 0) is 94.0 Å². The Labute approximate surface area is 415 Å². The van der Waals surface area contributed by atoms with E-state index in [-0.39, 0.29) is 62.5 Å². The Balaban J connectivity index is 1.31. The van der Waals surface area contributed by atoms with Gasteiger partial charge >= 0.3 is 0 Å². The molecule has 2 saturated heterocycles. The average molecular weight is 1000 g/mol. The van der Waals surface area contributed by atoms with Gasteiger partial charge in [-0.2, -0.15) is 0 Å². The number of aromatic hydroxyl groups is 7. The summed E-state index contributed by atoms with van der Waals surface area (Å²) in [6.45, 7) is -1.62. The molecule has 0 bridgehead atoms. The molecular weight excluding hydrogens is 953 g/mol. The highest BCUT2D eigenvalue weighted by Crippen LogP contribution is 2.64. The van der Waals surface area contributed by atoms with Crippen molar-refractivity contribution in [2.24, 2.45) is 0 Å². The third-order valence-electron chi connectivity index (χ3n) is 14.2. The molecule has 6 aromatic rings. The van der Waals surface area contributed by atoms with Gasteiger partial charge in [0, 0.05) is 17.2 Å². The molecule has 0 radical (unpaired) electrons. The topological polar surface area (TPSA) is 340 Å². The largest absolute Gasteiger partial charge is 0.508 e. The zero-order valence-corrected chi connectivity index (χ0v) is 38.3. The highest BCUT2D eigenvalue weighted by atomic mass is 16.6. The molecule has 4 aliphatic rings.